The number of carbonyl (C=O) groups is 1. The van der Waals surface area contributed by atoms with E-state index in [1.807, 2.05) is 20.8 Å². The van der Waals surface area contributed by atoms with Gasteiger partial charge in [0.2, 0.25) is 0 Å². The highest BCUT2D eigenvalue weighted by atomic mass is 16.5. The van der Waals surface area contributed by atoms with E-state index in [-0.39, 0.29) is 22.8 Å². The number of rotatable bonds is 1. The summed E-state index contributed by atoms with van der Waals surface area (Å²) in [5.41, 5.74) is -0.302. The fourth-order valence-electron chi connectivity index (χ4n) is 1.82. The van der Waals surface area contributed by atoms with Gasteiger partial charge in [0.25, 0.3) is 0 Å². The van der Waals surface area contributed by atoms with E-state index in [1.54, 1.807) is 0 Å². The molecule has 1 saturated heterocycles. The Morgan fingerprint density at radius 1 is 1.20 bits per heavy atom. The van der Waals surface area contributed by atoms with Crippen molar-refractivity contribution in [3.8, 4) is 0 Å². The lowest BCUT2D eigenvalue weighted by Crippen LogP contribution is -2.51. The lowest BCUT2D eigenvalue weighted by Gasteiger charge is -2.36. The van der Waals surface area contributed by atoms with Crippen LogP contribution in [-0.2, 0) is 9.53 Å². The summed E-state index contributed by atoms with van der Waals surface area (Å²) in [7, 11) is 0. The molecule has 0 aromatic rings. The van der Waals surface area contributed by atoms with Crippen molar-refractivity contribution in [2.45, 2.75) is 53.1 Å². The highest BCUT2D eigenvalue weighted by Crippen LogP contribution is 2.27. The maximum atomic E-state index is 12.2. The van der Waals surface area contributed by atoms with Crippen molar-refractivity contribution in [2.75, 3.05) is 13.3 Å². The summed E-state index contributed by atoms with van der Waals surface area (Å²) in [5.74, 6) is 0.273. The topological polar surface area (TPSA) is 29.5 Å². The molecule has 0 unspecified atom stereocenters. The van der Waals surface area contributed by atoms with Gasteiger partial charge in [-0.2, -0.15) is 0 Å². The van der Waals surface area contributed by atoms with Crippen molar-refractivity contribution >= 4 is 5.78 Å². The molecule has 0 aliphatic carbocycles. The molecule has 3 heteroatoms. The molecule has 3 nitrogen and oxygen atoms in total. The lowest BCUT2D eigenvalue weighted by molar-refractivity contribution is -0.132. The van der Waals surface area contributed by atoms with Gasteiger partial charge in [0.1, 0.15) is 6.73 Å². The monoisotopic (exact) mass is 213 g/mol. The van der Waals surface area contributed by atoms with Crippen LogP contribution in [0.1, 0.15) is 41.5 Å². The largest absolute Gasteiger partial charge is 0.364 e. The van der Waals surface area contributed by atoms with Gasteiger partial charge < -0.3 is 4.74 Å². The maximum absolute atomic E-state index is 12.2. The van der Waals surface area contributed by atoms with Crippen LogP contribution in [0.4, 0.5) is 0 Å². The van der Waals surface area contributed by atoms with Gasteiger partial charge >= 0.3 is 0 Å². The second kappa shape index (κ2) is 3.87. The molecule has 88 valence electrons. The van der Waals surface area contributed by atoms with Crippen molar-refractivity contribution in [3.05, 3.63) is 0 Å². The van der Waals surface area contributed by atoms with E-state index in [0.29, 0.717) is 13.3 Å². The van der Waals surface area contributed by atoms with Crippen molar-refractivity contribution in [1.82, 2.24) is 4.90 Å². The predicted octanol–water partition coefficient (Wildman–Crippen LogP) is 2.06. The predicted molar refractivity (Wildman–Crippen MR) is 60.7 cm³/mol. The summed E-state index contributed by atoms with van der Waals surface area (Å²) >= 11 is 0. The average molecular weight is 213 g/mol. The Morgan fingerprint density at radius 3 is 2.13 bits per heavy atom. The van der Waals surface area contributed by atoms with E-state index in [1.165, 1.54) is 0 Å². The number of ketones is 1. The summed E-state index contributed by atoms with van der Waals surface area (Å²) in [6, 6.07) is -0.0787. The first-order chi connectivity index (χ1) is 6.64. The Balaban J connectivity index is 2.82. The van der Waals surface area contributed by atoms with E-state index in [9.17, 15) is 4.79 Å². The molecule has 0 spiro atoms. The normalized spacial score (nSPS) is 24.5. The number of ether oxygens (including phenoxy) is 1. The van der Waals surface area contributed by atoms with Crippen LogP contribution in [0.2, 0.25) is 0 Å². The van der Waals surface area contributed by atoms with Gasteiger partial charge in [0, 0.05) is 11.0 Å². The fraction of sp³-hybridized carbons (Fsp3) is 0.917. The number of nitrogens with zero attached hydrogens (tertiary/aromatic N) is 1. The van der Waals surface area contributed by atoms with Gasteiger partial charge in [0.05, 0.1) is 12.6 Å². The number of hydrogen-bond donors (Lipinski definition) is 0. The Labute approximate surface area is 92.8 Å². The minimum atomic E-state index is -0.290. The third-order valence-electron chi connectivity index (χ3n) is 2.79. The summed E-state index contributed by atoms with van der Waals surface area (Å²) in [4.78, 5) is 14.3. The number of carbonyl (C=O) groups excluding carboxylic acids is 1. The van der Waals surface area contributed by atoms with Gasteiger partial charge in [-0.15, -0.1) is 0 Å². The average Bonchev–Trinajstić information content (AvgIpc) is 2.47. The zero-order valence-electron chi connectivity index (χ0n) is 10.8. The molecule has 0 radical (unpaired) electrons. The molecule has 0 amide bonds. The van der Waals surface area contributed by atoms with Crippen LogP contribution in [0.15, 0.2) is 0 Å². The third kappa shape index (κ3) is 2.79. The van der Waals surface area contributed by atoms with Gasteiger partial charge in [-0.1, -0.05) is 20.8 Å². The van der Waals surface area contributed by atoms with Crippen LogP contribution in [0.5, 0.6) is 0 Å². The maximum Gasteiger partial charge on any atom is 0.157 e. The van der Waals surface area contributed by atoms with Crippen LogP contribution >= 0.6 is 0 Å². The molecule has 15 heavy (non-hydrogen) atoms. The molecule has 1 heterocycles. The minimum Gasteiger partial charge on any atom is -0.364 e. The van der Waals surface area contributed by atoms with E-state index in [2.05, 4.69) is 25.7 Å². The molecule has 0 N–H and O–H groups in total. The van der Waals surface area contributed by atoms with Gasteiger partial charge in [-0.25, -0.2) is 0 Å². The van der Waals surface area contributed by atoms with Crippen molar-refractivity contribution in [1.29, 1.82) is 0 Å². The Hall–Kier alpha value is -0.410. The van der Waals surface area contributed by atoms with Crippen LogP contribution in [-0.4, -0.2) is 35.6 Å². The molecule has 1 rings (SSSR count). The van der Waals surface area contributed by atoms with Gasteiger partial charge in [0.15, 0.2) is 5.78 Å². The molecular formula is C12H23NO2. The van der Waals surface area contributed by atoms with E-state index < -0.39 is 0 Å². The highest BCUT2D eigenvalue weighted by Gasteiger charge is 2.41. The molecule has 0 aromatic heterocycles. The third-order valence-corrected chi connectivity index (χ3v) is 2.79. The zero-order chi connectivity index (χ0) is 11.9. The Bertz CT molecular complexity index is 247. The fourth-order valence-corrected chi connectivity index (χ4v) is 1.82. The molecular weight excluding hydrogens is 190 g/mol. The smallest absolute Gasteiger partial charge is 0.157 e. The molecule has 1 aliphatic heterocycles. The first-order valence-electron chi connectivity index (χ1n) is 5.53. The second-order valence-electron chi connectivity index (χ2n) is 6.27. The zero-order valence-corrected chi connectivity index (χ0v) is 10.8. The van der Waals surface area contributed by atoms with Gasteiger partial charge in [-0.3, -0.25) is 9.69 Å². The van der Waals surface area contributed by atoms with Crippen LogP contribution in [0.25, 0.3) is 0 Å². The standard InChI is InChI=1S/C12H23NO2/c1-11(2,3)10(14)9-7-15-8-13(9)12(4,5)6/h9H,7-8H2,1-6H3/t9-/m0/s1. The van der Waals surface area contributed by atoms with E-state index in [0.717, 1.165) is 0 Å². The van der Waals surface area contributed by atoms with Crippen LogP contribution in [0, 0.1) is 5.41 Å². The van der Waals surface area contributed by atoms with Crippen molar-refractivity contribution < 1.29 is 9.53 Å². The lowest BCUT2D eigenvalue weighted by atomic mass is 9.85. The minimum absolute atomic E-state index is 0.0118. The summed E-state index contributed by atoms with van der Waals surface area (Å²) in [6.45, 7) is 13.3. The summed E-state index contributed by atoms with van der Waals surface area (Å²) in [6.07, 6.45) is 0. The molecule has 1 atom stereocenters. The number of Topliss-reactive ketones (excluding diaryl/α,β-unsaturated/α-hetero) is 1. The Morgan fingerprint density at radius 2 is 1.73 bits per heavy atom. The van der Waals surface area contributed by atoms with E-state index >= 15 is 0 Å². The van der Waals surface area contributed by atoms with Crippen molar-refractivity contribution in [2.24, 2.45) is 5.41 Å². The van der Waals surface area contributed by atoms with Crippen LogP contribution < -0.4 is 0 Å². The molecule has 0 bridgehead atoms. The van der Waals surface area contributed by atoms with Crippen molar-refractivity contribution in [3.63, 3.8) is 0 Å². The molecule has 1 fully saturated rings. The summed E-state index contributed by atoms with van der Waals surface area (Å²) in [5, 5.41) is 0. The number of hydrogen-bond acceptors (Lipinski definition) is 3. The van der Waals surface area contributed by atoms with Crippen LogP contribution in [0.3, 0.4) is 0 Å². The Kier molecular flexibility index (Phi) is 3.27. The SMILES string of the molecule is CC(C)(C)C(=O)[C@@H]1COCN1C(C)(C)C. The first kappa shape index (κ1) is 12.7. The summed E-state index contributed by atoms with van der Waals surface area (Å²) < 4.78 is 5.42. The quantitative estimate of drug-likeness (QED) is 0.667. The molecule has 0 aromatic carbocycles. The second-order valence-corrected chi connectivity index (χ2v) is 6.27. The molecule has 1 aliphatic rings. The highest BCUT2D eigenvalue weighted by molar-refractivity contribution is 5.89. The first-order valence-corrected chi connectivity index (χ1v) is 5.53. The van der Waals surface area contributed by atoms with E-state index in [4.69, 9.17) is 4.74 Å². The van der Waals surface area contributed by atoms with Gasteiger partial charge in [-0.05, 0) is 20.8 Å². The molecule has 0 saturated carbocycles.